The monoisotopic (exact) mass is 322 g/mol. The van der Waals surface area contributed by atoms with Crippen molar-refractivity contribution < 1.29 is 18.5 Å². The van der Waals surface area contributed by atoms with Gasteiger partial charge in [-0.25, -0.2) is 4.39 Å². The summed E-state index contributed by atoms with van der Waals surface area (Å²) in [6, 6.07) is 2.98. The van der Waals surface area contributed by atoms with Gasteiger partial charge < -0.3 is 19.6 Å². The fraction of sp³-hybridized carbons (Fsp3) is 0.467. The van der Waals surface area contributed by atoms with E-state index in [1.54, 1.807) is 0 Å². The molecule has 1 saturated heterocycles. The maximum Gasteiger partial charge on any atom is 0.525 e. The molecular weight excluding hydrogens is 302 g/mol. The fourth-order valence-corrected chi connectivity index (χ4v) is 2.13. The molecule has 1 amide bonds. The van der Waals surface area contributed by atoms with Crippen LogP contribution in [0.3, 0.4) is 0 Å². The van der Waals surface area contributed by atoms with Gasteiger partial charge in [-0.1, -0.05) is 0 Å². The molecule has 1 aromatic rings. The van der Waals surface area contributed by atoms with Crippen LogP contribution in [0.15, 0.2) is 28.9 Å². The zero-order valence-electron chi connectivity index (χ0n) is 13.6. The van der Waals surface area contributed by atoms with Gasteiger partial charge in [-0.3, -0.25) is 9.59 Å². The second-order valence-electron chi connectivity index (χ2n) is 6.48. The largest absolute Gasteiger partial charge is 0.525 e. The Hall–Kier alpha value is -1.93. The van der Waals surface area contributed by atoms with Crippen LogP contribution in [-0.2, 0) is 20.6 Å². The maximum absolute atomic E-state index is 14.4. The highest BCUT2D eigenvalue weighted by molar-refractivity contribution is 6.54. The van der Waals surface area contributed by atoms with E-state index in [-0.39, 0.29) is 12.1 Å². The molecule has 0 radical (unpaired) electrons. The number of primary amides is 1. The number of nitrogens with zero attached hydrogens (tertiary/aromatic N) is 1. The highest BCUT2D eigenvalue weighted by Crippen LogP contribution is 2.38. The van der Waals surface area contributed by atoms with Gasteiger partial charge in [0.2, 0.25) is 5.91 Å². The van der Waals surface area contributed by atoms with Crippen molar-refractivity contribution in [3.63, 3.8) is 0 Å². The Morgan fingerprint density at radius 2 is 1.91 bits per heavy atom. The molecule has 23 heavy (non-hydrogen) atoms. The minimum absolute atomic E-state index is 0.0842. The van der Waals surface area contributed by atoms with Crippen LogP contribution >= 0.6 is 0 Å². The van der Waals surface area contributed by atoms with Crippen LogP contribution in [0.4, 0.5) is 4.39 Å². The average Bonchev–Trinajstić information content (AvgIpc) is 2.63. The first kappa shape index (κ1) is 17.4. The van der Waals surface area contributed by atoms with E-state index < -0.39 is 35.5 Å². The summed E-state index contributed by atoms with van der Waals surface area (Å²) in [6.07, 6.45) is 2.47. The van der Waals surface area contributed by atoms with E-state index in [9.17, 15) is 14.0 Å². The summed E-state index contributed by atoms with van der Waals surface area (Å²) >= 11 is 0. The third-order valence-electron chi connectivity index (χ3n) is 4.15. The summed E-state index contributed by atoms with van der Waals surface area (Å²) in [4.78, 5) is 23.1. The normalized spacial score (nSPS) is 19.9. The van der Waals surface area contributed by atoms with E-state index in [2.05, 4.69) is 0 Å². The Morgan fingerprint density at radius 3 is 2.43 bits per heavy atom. The van der Waals surface area contributed by atoms with Gasteiger partial charge in [-0.05, 0) is 45.9 Å². The van der Waals surface area contributed by atoms with Gasteiger partial charge in [0.15, 0.2) is 0 Å². The first-order chi connectivity index (χ1) is 10.5. The third-order valence-corrected chi connectivity index (χ3v) is 4.15. The topological polar surface area (TPSA) is 83.5 Å². The quantitative estimate of drug-likeness (QED) is 0.846. The molecule has 1 aliphatic rings. The molecule has 0 bridgehead atoms. The minimum Gasteiger partial charge on any atom is -0.398 e. The highest BCUT2D eigenvalue weighted by atomic mass is 19.1. The molecule has 0 aromatic carbocycles. The molecule has 2 rings (SSSR count). The second-order valence-corrected chi connectivity index (χ2v) is 6.48. The van der Waals surface area contributed by atoms with E-state index >= 15 is 0 Å². The zero-order chi connectivity index (χ0) is 17.4. The van der Waals surface area contributed by atoms with Crippen LogP contribution in [0.25, 0.3) is 6.08 Å². The molecule has 1 aromatic heterocycles. The van der Waals surface area contributed by atoms with Gasteiger partial charge in [0.1, 0.15) is 12.3 Å². The number of halogens is 1. The van der Waals surface area contributed by atoms with Crippen molar-refractivity contribution in [1.82, 2.24) is 4.57 Å². The summed E-state index contributed by atoms with van der Waals surface area (Å²) in [5, 5.41) is 0. The van der Waals surface area contributed by atoms with Crippen LogP contribution in [0.2, 0.25) is 0 Å². The standard InChI is InChI=1S/C15H20BFN2O4/c1-14(2)15(3,4)23-16(22-14)11(17)8-10-6-5-7-19(13(10)21)9-12(18)20/h5-8H,9H2,1-4H3,(H2,18,20). The number of aromatic nitrogens is 1. The lowest BCUT2D eigenvalue weighted by Gasteiger charge is -2.32. The zero-order valence-corrected chi connectivity index (χ0v) is 13.6. The lowest BCUT2D eigenvalue weighted by Crippen LogP contribution is -2.41. The lowest BCUT2D eigenvalue weighted by molar-refractivity contribution is -0.118. The number of pyridine rings is 1. The Bertz CT molecular complexity index is 696. The number of rotatable bonds is 4. The summed E-state index contributed by atoms with van der Waals surface area (Å²) in [5.74, 6) is -0.653. The molecule has 6 nitrogen and oxygen atoms in total. The molecule has 0 spiro atoms. The number of carbonyl (C=O) groups is 1. The van der Waals surface area contributed by atoms with Crippen LogP contribution in [-0.4, -0.2) is 28.8 Å². The molecule has 0 atom stereocenters. The van der Waals surface area contributed by atoms with E-state index in [1.165, 1.54) is 18.3 Å². The van der Waals surface area contributed by atoms with Crippen molar-refractivity contribution in [2.24, 2.45) is 5.73 Å². The molecular formula is C15H20BFN2O4. The van der Waals surface area contributed by atoms with Crippen molar-refractivity contribution in [2.45, 2.75) is 45.4 Å². The molecule has 0 saturated carbocycles. The lowest BCUT2D eigenvalue weighted by atomic mass is 9.87. The van der Waals surface area contributed by atoms with Gasteiger partial charge in [-0.2, -0.15) is 0 Å². The summed E-state index contributed by atoms with van der Waals surface area (Å²) in [6.45, 7) is 6.97. The highest BCUT2D eigenvalue weighted by Gasteiger charge is 2.53. The van der Waals surface area contributed by atoms with Crippen molar-refractivity contribution in [3.8, 4) is 0 Å². The van der Waals surface area contributed by atoms with E-state index in [1.807, 2.05) is 27.7 Å². The summed E-state index contributed by atoms with van der Waals surface area (Å²) < 4.78 is 26.7. The molecule has 1 aliphatic heterocycles. The summed E-state index contributed by atoms with van der Waals surface area (Å²) in [7, 11) is -1.18. The summed E-state index contributed by atoms with van der Waals surface area (Å²) in [5.41, 5.74) is 2.58. The van der Waals surface area contributed by atoms with Gasteiger partial charge in [0.25, 0.3) is 5.56 Å². The fourth-order valence-electron chi connectivity index (χ4n) is 2.13. The number of carbonyl (C=O) groups excluding carboxylic acids is 1. The Labute approximate surface area is 134 Å². The number of hydrogen-bond acceptors (Lipinski definition) is 4. The van der Waals surface area contributed by atoms with Crippen LogP contribution in [0.1, 0.15) is 33.3 Å². The predicted octanol–water partition coefficient (Wildman–Crippen LogP) is 1.28. The molecule has 8 heteroatoms. The van der Waals surface area contributed by atoms with Gasteiger partial charge in [0.05, 0.1) is 11.2 Å². The molecule has 124 valence electrons. The van der Waals surface area contributed by atoms with Crippen LogP contribution in [0.5, 0.6) is 0 Å². The maximum atomic E-state index is 14.4. The molecule has 0 unspecified atom stereocenters. The molecule has 0 aliphatic carbocycles. The first-order valence-corrected chi connectivity index (χ1v) is 7.24. The molecule has 2 N–H and O–H groups in total. The van der Waals surface area contributed by atoms with E-state index in [0.717, 1.165) is 10.6 Å². The van der Waals surface area contributed by atoms with Crippen molar-refractivity contribution >= 4 is 19.1 Å². The van der Waals surface area contributed by atoms with Crippen molar-refractivity contribution in [1.29, 1.82) is 0 Å². The van der Waals surface area contributed by atoms with Crippen molar-refractivity contribution in [2.75, 3.05) is 0 Å². The van der Waals surface area contributed by atoms with Crippen LogP contribution in [0, 0.1) is 0 Å². The number of amides is 1. The second kappa shape index (κ2) is 5.94. The van der Waals surface area contributed by atoms with Gasteiger partial charge in [0, 0.05) is 11.8 Å². The Morgan fingerprint density at radius 1 is 1.35 bits per heavy atom. The minimum atomic E-state index is -1.18. The number of nitrogens with two attached hydrogens (primary N) is 1. The Balaban J connectivity index is 2.29. The Kier molecular flexibility index (Phi) is 4.50. The van der Waals surface area contributed by atoms with Crippen molar-refractivity contribution in [3.05, 3.63) is 40.0 Å². The first-order valence-electron chi connectivity index (χ1n) is 7.24. The van der Waals surface area contributed by atoms with E-state index in [0.29, 0.717) is 0 Å². The molecule has 1 fully saturated rings. The van der Waals surface area contributed by atoms with Crippen LogP contribution < -0.4 is 11.3 Å². The smallest absolute Gasteiger partial charge is 0.398 e. The van der Waals surface area contributed by atoms with E-state index in [4.69, 9.17) is 15.0 Å². The van der Waals surface area contributed by atoms with Gasteiger partial charge >= 0.3 is 7.12 Å². The van der Waals surface area contributed by atoms with Gasteiger partial charge in [-0.15, -0.1) is 0 Å². The number of hydrogen-bond donors (Lipinski definition) is 1. The molecule has 2 heterocycles. The predicted molar refractivity (Wildman–Crippen MR) is 85.1 cm³/mol. The average molecular weight is 322 g/mol. The SMILES string of the molecule is CC1(C)OB(C(F)=Cc2cccn(CC(N)=O)c2=O)OC1(C)C. The third kappa shape index (κ3) is 3.53.